The van der Waals surface area contributed by atoms with Gasteiger partial charge in [0.2, 0.25) is 0 Å². The van der Waals surface area contributed by atoms with Gasteiger partial charge in [-0.1, -0.05) is 0 Å². The summed E-state index contributed by atoms with van der Waals surface area (Å²) < 4.78 is 29.2. The van der Waals surface area contributed by atoms with Gasteiger partial charge in [0.05, 0.1) is 0 Å². The van der Waals surface area contributed by atoms with Gasteiger partial charge in [0.15, 0.2) is 0 Å². The number of benzene rings is 2. The maximum atomic E-state index is 12.9. The summed E-state index contributed by atoms with van der Waals surface area (Å²) in [4.78, 5) is 0.605. The fraction of sp³-hybridized carbons (Fsp3) is 0.118. The second-order valence-electron chi connectivity index (χ2n) is 5.20. The number of aryl methyl sites for hydroxylation is 2. The molecule has 1 aromatic heterocycles. The minimum absolute atomic E-state index is 0.157. The summed E-state index contributed by atoms with van der Waals surface area (Å²) in [6.45, 7) is 1.93. The molecule has 0 radical (unpaired) electrons. The van der Waals surface area contributed by atoms with Crippen LogP contribution >= 0.6 is 0 Å². The first-order valence-electron chi connectivity index (χ1n) is 7.05. The van der Waals surface area contributed by atoms with Gasteiger partial charge in [0, 0.05) is 0 Å². The zero-order chi connectivity index (χ0) is 16.4. The first-order chi connectivity index (χ1) is 11.0. The Labute approximate surface area is 142 Å². The van der Waals surface area contributed by atoms with E-state index in [1.807, 2.05) is 49.4 Å². The summed E-state index contributed by atoms with van der Waals surface area (Å²) >= 11 is -0.157. The second-order valence-corrected chi connectivity index (χ2v) is 9.35. The van der Waals surface area contributed by atoms with Gasteiger partial charge in [-0.2, -0.15) is 0 Å². The summed E-state index contributed by atoms with van der Waals surface area (Å²) in [5.41, 5.74) is 1.03. The van der Waals surface area contributed by atoms with Crippen LogP contribution in [-0.2, 0) is 16.9 Å². The Bertz CT molecular complexity index is 917. The van der Waals surface area contributed by atoms with E-state index in [2.05, 4.69) is 5.10 Å². The van der Waals surface area contributed by atoms with Crippen LogP contribution in [0.4, 0.5) is 0 Å². The Hall–Kier alpha value is -1.88. The Balaban J connectivity index is 2.04. The van der Waals surface area contributed by atoms with E-state index in [-0.39, 0.29) is 15.0 Å². The zero-order valence-corrected chi connectivity index (χ0v) is 15.3. The van der Waals surface area contributed by atoms with E-state index in [1.165, 1.54) is 0 Å². The molecule has 3 rings (SSSR count). The number of hydrogen-bond donors (Lipinski definition) is 0. The van der Waals surface area contributed by atoms with Crippen LogP contribution in [-0.4, -0.2) is 33.2 Å². The van der Waals surface area contributed by atoms with Crippen LogP contribution < -0.4 is 9.05 Å². The van der Waals surface area contributed by atoms with E-state index in [1.54, 1.807) is 30.1 Å². The van der Waals surface area contributed by atoms with Crippen molar-refractivity contribution in [2.45, 2.75) is 16.7 Å². The molecule has 0 N–H and O–H groups in total. The molecule has 3 aromatic rings. The van der Waals surface area contributed by atoms with Gasteiger partial charge < -0.3 is 0 Å². The van der Waals surface area contributed by atoms with E-state index >= 15 is 0 Å². The predicted octanol–water partition coefficient (Wildman–Crippen LogP) is 1.22. The van der Waals surface area contributed by atoms with Crippen molar-refractivity contribution in [3.05, 3.63) is 66.4 Å². The third-order valence-electron chi connectivity index (χ3n) is 3.34. The molecule has 0 bridgehead atoms. The molecule has 0 unspecified atom stereocenters. The molecule has 0 spiro atoms. The molecule has 0 saturated carbocycles. The van der Waals surface area contributed by atoms with Crippen molar-refractivity contribution in [2.75, 3.05) is 0 Å². The Morgan fingerprint density at radius 2 is 1.65 bits per heavy atom. The predicted molar refractivity (Wildman–Crippen MR) is 91.3 cm³/mol. The Morgan fingerprint density at radius 3 is 2.30 bits per heavy atom. The van der Waals surface area contributed by atoms with Gasteiger partial charge in [-0.05, 0) is 0 Å². The van der Waals surface area contributed by atoms with Crippen molar-refractivity contribution < 1.29 is 8.42 Å². The van der Waals surface area contributed by atoms with Gasteiger partial charge in [-0.15, -0.1) is 0 Å². The summed E-state index contributed by atoms with van der Waals surface area (Å²) in [7, 11) is -1.80. The third-order valence-corrected chi connectivity index (χ3v) is 7.51. The van der Waals surface area contributed by atoms with E-state index in [0.717, 1.165) is 10.0 Å². The minimum atomic E-state index is -3.55. The first-order valence-corrected chi connectivity index (χ1v) is 10.2. The monoisotopic (exact) mass is 392 g/mol. The topological polar surface area (TPSA) is 52.0 Å². The van der Waals surface area contributed by atoms with Gasteiger partial charge in [-0.3, -0.25) is 0 Å². The summed E-state index contributed by atoms with van der Waals surface area (Å²) in [5.74, 6) is 0. The van der Waals surface area contributed by atoms with Crippen molar-refractivity contribution in [2.24, 2.45) is 7.05 Å². The van der Waals surface area contributed by atoms with Crippen LogP contribution in [0, 0.1) is 6.92 Å². The molecule has 0 saturated heterocycles. The molecular formula is C17H16N2O2SSe. The molecule has 4 nitrogen and oxygen atoms in total. The standard InChI is InChI=1S/C17H16N2O2SSe/c1-13-8-10-14(11-9-13)22(20,21)16-12-19(2)18-17(16)23-15-6-4-3-5-7-15/h3-12H,1-2H3. The van der Waals surface area contributed by atoms with E-state index in [9.17, 15) is 8.42 Å². The van der Waals surface area contributed by atoms with E-state index < -0.39 is 9.84 Å². The molecule has 0 atom stereocenters. The van der Waals surface area contributed by atoms with Crippen molar-refractivity contribution in [1.29, 1.82) is 0 Å². The van der Waals surface area contributed by atoms with Crippen LogP contribution in [0.2, 0.25) is 0 Å². The van der Waals surface area contributed by atoms with Crippen LogP contribution in [0.25, 0.3) is 0 Å². The number of aromatic nitrogens is 2. The fourth-order valence-electron chi connectivity index (χ4n) is 2.15. The van der Waals surface area contributed by atoms with Crippen LogP contribution in [0.15, 0.2) is 70.6 Å². The van der Waals surface area contributed by atoms with Crippen LogP contribution in [0.1, 0.15) is 5.56 Å². The zero-order valence-electron chi connectivity index (χ0n) is 12.8. The molecule has 0 aliphatic heterocycles. The Morgan fingerprint density at radius 1 is 1.00 bits per heavy atom. The average Bonchev–Trinajstić information content (AvgIpc) is 2.90. The van der Waals surface area contributed by atoms with Gasteiger partial charge in [-0.25, -0.2) is 0 Å². The van der Waals surface area contributed by atoms with Gasteiger partial charge >= 0.3 is 142 Å². The number of nitrogens with zero attached hydrogens (tertiary/aromatic N) is 2. The molecule has 0 fully saturated rings. The molecule has 118 valence electrons. The molecule has 1 heterocycles. The van der Waals surface area contributed by atoms with Crippen LogP contribution in [0.3, 0.4) is 0 Å². The van der Waals surface area contributed by atoms with Crippen molar-refractivity contribution >= 4 is 33.8 Å². The maximum absolute atomic E-state index is 12.9. The molecule has 2 aromatic carbocycles. The first kappa shape index (κ1) is 16.0. The summed E-state index contributed by atoms with van der Waals surface area (Å²) in [6.07, 6.45) is 1.59. The number of sulfone groups is 1. The van der Waals surface area contributed by atoms with Crippen LogP contribution in [0.5, 0.6) is 0 Å². The van der Waals surface area contributed by atoms with E-state index in [4.69, 9.17) is 0 Å². The Kier molecular flexibility index (Phi) is 4.39. The fourth-order valence-corrected chi connectivity index (χ4v) is 6.12. The number of hydrogen-bond acceptors (Lipinski definition) is 3. The van der Waals surface area contributed by atoms with Crippen molar-refractivity contribution in [3.8, 4) is 0 Å². The normalized spacial score (nSPS) is 11.6. The molecule has 0 aliphatic rings. The molecule has 0 amide bonds. The molecule has 23 heavy (non-hydrogen) atoms. The molecule has 6 heteroatoms. The third kappa shape index (κ3) is 3.39. The SMILES string of the molecule is Cc1ccc(S(=O)(=O)c2cn(C)nc2[Se]c2ccccc2)cc1. The summed E-state index contributed by atoms with van der Waals surface area (Å²) in [5, 5.41) is 4.38. The van der Waals surface area contributed by atoms with Crippen molar-refractivity contribution in [3.63, 3.8) is 0 Å². The number of rotatable bonds is 4. The van der Waals surface area contributed by atoms with E-state index in [0.29, 0.717) is 14.4 Å². The van der Waals surface area contributed by atoms with Crippen molar-refractivity contribution in [1.82, 2.24) is 9.78 Å². The average molecular weight is 391 g/mol. The quantitative estimate of drug-likeness (QED) is 0.629. The molecular weight excluding hydrogens is 375 g/mol. The van der Waals surface area contributed by atoms with Gasteiger partial charge in [0.25, 0.3) is 0 Å². The second kappa shape index (κ2) is 6.32. The molecule has 0 aliphatic carbocycles. The van der Waals surface area contributed by atoms with Gasteiger partial charge in [0.1, 0.15) is 0 Å². The summed E-state index contributed by atoms with van der Waals surface area (Å²) in [6, 6.07) is 16.8.